The molecule has 0 radical (unpaired) electrons. The fraction of sp³-hybridized carbons (Fsp3) is 0.538. The standard InChI is InChI=1S/C13H21NO2S/c1-10(8-15)9-17-13(7-14)11-4-3-5-12(6-11)16-2/h3-6,10,13,15H,7-9,14H2,1-2H3. The molecule has 0 saturated heterocycles. The van der Waals surface area contributed by atoms with Crippen molar-refractivity contribution in [3.8, 4) is 5.75 Å². The zero-order chi connectivity index (χ0) is 12.7. The lowest BCUT2D eigenvalue weighted by atomic mass is 10.1. The van der Waals surface area contributed by atoms with Crippen LogP contribution in [0.1, 0.15) is 17.7 Å². The van der Waals surface area contributed by atoms with Gasteiger partial charge in [-0.1, -0.05) is 19.1 Å². The van der Waals surface area contributed by atoms with Crippen LogP contribution >= 0.6 is 11.8 Å². The molecule has 0 spiro atoms. The molecule has 0 aliphatic heterocycles. The highest BCUT2D eigenvalue weighted by Crippen LogP contribution is 2.31. The average Bonchev–Trinajstić information content (AvgIpc) is 2.39. The molecule has 0 aromatic heterocycles. The number of hydrogen-bond donors (Lipinski definition) is 2. The van der Waals surface area contributed by atoms with E-state index >= 15 is 0 Å². The van der Waals surface area contributed by atoms with E-state index in [1.807, 2.05) is 25.1 Å². The molecule has 1 rings (SSSR count). The van der Waals surface area contributed by atoms with Crippen LogP contribution in [0.5, 0.6) is 5.75 Å². The Labute approximate surface area is 107 Å². The van der Waals surface area contributed by atoms with Crippen LogP contribution in [0.15, 0.2) is 24.3 Å². The first-order valence-electron chi connectivity index (χ1n) is 5.77. The minimum Gasteiger partial charge on any atom is -0.497 e. The normalized spacial score (nSPS) is 14.4. The third-order valence-corrected chi connectivity index (χ3v) is 4.20. The van der Waals surface area contributed by atoms with Crippen molar-refractivity contribution < 1.29 is 9.84 Å². The number of nitrogens with two attached hydrogens (primary N) is 1. The molecule has 96 valence electrons. The van der Waals surface area contributed by atoms with E-state index in [1.54, 1.807) is 18.9 Å². The summed E-state index contributed by atoms with van der Waals surface area (Å²) in [5.74, 6) is 2.08. The Morgan fingerprint density at radius 1 is 1.47 bits per heavy atom. The van der Waals surface area contributed by atoms with Crippen LogP contribution in [-0.4, -0.2) is 31.1 Å². The SMILES string of the molecule is COc1cccc(C(CN)SCC(C)CO)c1. The molecule has 0 heterocycles. The van der Waals surface area contributed by atoms with Crippen LogP contribution in [0.2, 0.25) is 0 Å². The molecule has 3 N–H and O–H groups in total. The fourth-order valence-electron chi connectivity index (χ4n) is 1.48. The van der Waals surface area contributed by atoms with Crippen LogP contribution in [0.3, 0.4) is 0 Å². The van der Waals surface area contributed by atoms with Crippen molar-refractivity contribution in [3.05, 3.63) is 29.8 Å². The van der Waals surface area contributed by atoms with Gasteiger partial charge in [0.25, 0.3) is 0 Å². The summed E-state index contributed by atoms with van der Waals surface area (Å²) in [7, 11) is 1.66. The van der Waals surface area contributed by atoms with E-state index in [0.29, 0.717) is 12.5 Å². The van der Waals surface area contributed by atoms with Gasteiger partial charge in [0, 0.05) is 18.4 Å². The zero-order valence-corrected chi connectivity index (χ0v) is 11.2. The number of methoxy groups -OCH3 is 1. The molecule has 1 aromatic rings. The molecule has 0 fully saturated rings. The number of aliphatic hydroxyl groups excluding tert-OH is 1. The quantitative estimate of drug-likeness (QED) is 0.783. The second-order valence-corrected chi connectivity index (χ2v) is 5.36. The minimum absolute atomic E-state index is 0.225. The van der Waals surface area contributed by atoms with Gasteiger partial charge in [-0.15, -0.1) is 0 Å². The van der Waals surface area contributed by atoms with Crippen molar-refractivity contribution in [1.29, 1.82) is 0 Å². The molecule has 2 unspecified atom stereocenters. The first kappa shape index (κ1) is 14.4. The smallest absolute Gasteiger partial charge is 0.119 e. The van der Waals surface area contributed by atoms with Gasteiger partial charge in [0.2, 0.25) is 0 Å². The van der Waals surface area contributed by atoms with Crippen LogP contribution in [0.4, 0.5) is 0 Å². The van der Waals surface area contributed by atoms with Crippen molar-refractivity contribution in [2.24, 2.45) is 11.7 Å². The molecular weight excluding hydrogens is 234 g/mol. The molecule has 0 bridgehead atoms. The second-order valence-electron chi connectivity index (χ2n) is 4.12. The maximum Gasteiger partial charge on any atom is 0.119 e. The summed E-state index contributed by atoms with van der Waals surface area (Å²) in [5, 5.41) is 9.27. The molecule has 2 atom stereocenters. The Morgan fingerprint density at radius 2 is 2.24 bits per heavy atom. The number of rotatable bonds is 7. The van der Waals surface area contributed by atoms with Crippen molar-refractivity contribution in [3.63, 3.8) is 0 Å². The molecule has 0 aliphatic rings. The third-order valence-electron chi connectivity index (χ3n) is 2.57. The summed E-state index contributed by atoms with van der Waals surface area (Å²) in [5.41, 5.74) is 6.98. The largest absolute Gasteiger partial charge is 0.497 e. The Morgan fingerprint density at radius 3 is 2.82 bits per heavy atom. The summed E-state index contributed by atoms with van der Waals surface area (Å²) in [4.78, 5) is 0. The van der Waals surface area contributed by atoms with Crippen LogP contribution in [-0.2, 0) is 0 Å². The van der Waals surface area contributed by atoms with Crippen molar-refractivity contribution in [1.82, 2.24) is 0 Å². The molecule has 0 amide bonds. The summed E-state index contributed by atoms with van der Waals surface area (Å²) in [6.45, 7) is 2.85. The summed E-state index contributed by atoms with van der Waals surface area (Å²) in [6, 6.07) is 8.00. The Kier molecular flexibility index (Phi) is 6.40. The van der Waals surface area contributed by atoms with Crippen LogP contribution in [0.25, 0.3) is 0 Å². The first-order valence-corrected chi connectivity index (χ1v) is 6.82. The van der Waals surface area contributed by atoms with E-state index in [-0.39, 0.29) is 11.9 Å². The maximum absolute atomic E-state index is 9.01. The molecular formula is C13H21NO2S. The minimum atomic E-state index is 0.225. The monoisotopic (exact) mass is 255 g/mol. The molecule has 1 aromatic carbocycles. The fourth-order valence-corrected chi connectivity index (χ4v) is 2.62. The number of ether oxygens (including phenoxy) is 1. The summed E-state index contributed by atoms with van der Waals surface area (Å²) < 4.78 is 5.21. The van der Waals surface area contributed by atoms with E-state index in [0.717, 1.165) is 11.5 Å². The molecule has 3 nitrogen and oxygen atoms in total. The van der Waals surface area contributed by atoms with E-state index in [2.05, 4.69) is 6.07 Å². The molecule has 0 saturated carbocycles. The van der Waals surface area contributed by atoms with Gasteiger partial charge >= 0.3 is 0 Å². The van der Waals surface area contributed by atoms with Gasteiger partial charge in [-0.25, -0.2) is 0 Å². The van der Waals surface area contributed by atoms with Crippen molar-refractivity contribution in [2.45, 2.75) is 12.2 Å². The predicted octanol–water partition coefficient (Wildman–Crippen LogP) is 2.06. The Hall–Kier alpha value is -0.710. The Balaban J connectivity index is 2.65. The number of aliphatic hydroxyl groups is 1. The van der Waals surface area contributed by atoms with Gasteiger partial charge in [-0.2, -0.15) is 11.8 Å². The highest BCUT2D eigenvalue weighted by molar-refractivity contribution is 7.99. The number of benzene rings is 1. The highest BCUT2D eigenvalue weighted by Gasteiger charge is 2.12. The third kappa shape index (κ3) is 4.58. The van der Waals surface area contributed by atoms with Gasteiger partial charge in [-0.3, -0.25) is 0 Å². The van der Waals surface area contributed by atoms with Gasteiger partial charge in [0.1, 0.15) is 5.75 Å². The number of hydrogen-bond acceptors (Lipinski definition) is 4. The van der Waals surface area contributed by atoms with E-state index in [4.69, 9.17) is 15.6 Å². The van der Waals surface area contributed by atoms with Crippen LogP contribution < -0.4 is 10.5 Å². The lowest BCUT2D eigenvalue weighted by molar-refractivity contribution is 0.250. The predicted molar refractivity (Wildman–Crippen MR) is 73.5 cm³/mol. The Bertz CT molecular complexity index is 333. The van der Waals surface area contributed by atoms with E-state index in [9.17, 15) is 0 Å². The van der Waals surface area contributed by atoms with Crippen molar-refractivity contribution in [2.75, 3.05) is 26.0 Å². The first-order chi connectivity index (χ1) is 8.21. The van der Waals surface area contributed by atoms with Crippen LogP contribution in [0, 0.1) is 5.92 Å². The lowest BCUT2D eigenvalue weighted by Gasteiger charge is -2.17. The van der Waals surface area contributed by atoms with E-state index in [1.165, 1.54) is 5.56 Å². The molecule has 0 aliphatic carbocycles. The summed E-state index contributed by atoms with van der Waals surface area (Å²) in [6.07, 6.45) is 0. The lowest BCUT2D eigenvalue weighted by Crippen LogP contribution is -2.12. The highest BCUT2D eigenvalue weighted by atomic mass is 32.2. The topological polar surface area (TPSA) is 55.5 Å². The van der Waals surface area contributed by atoms with Gasteiger partial charge in [-0.05, 0) is 29.4 Å². The number of thioether (sulfide) groups is 1. The zero-order valence-electron chi connectivity index (χ0n) is 10.4. The summed E-state index contributed by atoms with van der Waals surface area (Å²) >= 11 is 1.79. The van der Waals surface area contributed by atoms with Gasteiger partial charge < -0.3 is 15.6 Å². The van der Waals surface area contributed by atoms with Crippen molar-refractivity contribution >= 4 is 11.8 Å². The van der Waals surface area contributed by atoms with Gasteiger partial charge in [0.15, 0.2) is 0 Å². The average molecular weight is 255 g/mol. The second kappa shape index (κ2) is 7.58. The molecule has 4 heteroatoms. The van der Waals surface area contributed by atoms with E-state index < -0.39 is 0 Å². The van der Waals surface area contributed by atoms with Gasteiger partial charge in [0.05, 0.1) is 7.11 Å². The molecule has 17 heavy (non-hydrogen) atoms. The maximum atomic E-state index is 9.01.